The Bertz CT molecular complexity index is 728. The number of nitrogens with zero attached hydrogens (tertiary/aromatic N) is 1. The molecule has 25 heavy (non-hydrogen) atoms. The predicted molar refractivity (Wildman–Crippen MR) is 93.7 cm³/mol. The van der Waals surface area contributed by atoms with E-state index in [-0.39, 0.29) is 12.0 Å². The summed E-state index contributed by atoms with van der Waals surface area (Å²) in [5, 5.41) is 22.7. The van der Waals surface area contributed by atoms with Gasteiger partial charge >= 0.3 is 5.97 Å². The van der Waals surface area contributed by atoms with E-state index in [1.54, 1.807) is 0 Å². The quantitative estimate of drug-likeness (QED) is 0.820. The molecule has 0 aliphatic heterocycles. The highest BCUT2D eigenvalue weighted by Crippen LogP contribution is 2.59. The number of fused-ring (bicyclic) bond motifs is 5. The molecule has 0 bridgehead atoms. The van der Waals surface area contributed by atoms with Crippen molar-refractivity contribution in [3.8, 4) is 5.75 Å². The number of aryl methyl sites for hydroxylation is 1. The third-order valence-electron chi connectivity index (χ3n) is 6.81. The van der Waals surface area contributed by atoms with Crippen LogP contribution in [-0.4, -0.2) is 28.5 Å². The SMILES string of the molecule is CC12CCC3c4ccc(O)cc4CCC3C1CCC2=NOCC(=O)O. The molecule has 4 unspecified atom stereocenters. The lowest BCUT2D eigenvalue weighted by Gasteiger charge is -2.49. The van der Waals surface area contributed by atoms with Crippen LogP contribution < -0.4 is 0 Å². The third-order valence-corrected chi connectivity index (χ3v) is 6.81. The number of carbonyl (C=O) groups is 1. The Morgan fingerprint density at radius 2 is 2.16 bits per heavy atom. The van der Waals surface area contributed by atoms with Crippen molar-refractivity contribution in [2.45, 2.75) is 51.4 Å². The number of hydrogen-bond donors (Lipinski definition) is 2. The lowest BCUT2D eigenvalue weighted by Crippen LogP contribution is -2.42. The first-order valence-corrected chi connectivity index (χ1v) is 9.22. The lowest BCUT2D eigenvalue weighted by atomic mass is 9.55. The summed E-state index contributed by atoms with van der Waals surface area (Å²) in [6.07, 6.45) is 6.39. The zero-order chi connectivity index (χ0) is 17.6. The van der Waals surface area contributed by atoms with Crippen LogP contribution in [0.4, 0.5) is 0 Å². The van der Waals surface area contributed by atoms with E-state index in [9.17, 15) is 9.90 Å². The molecule has 1 aromatic carbocycles. The number of benzene rings is 1. The van der Waals surface area contributed by atoms with Crippen LogP contribution in [0.15, 0.2) is 23.4 Å². The number of carboxylic acids is 1. The van der Waals surface area contributed by atoms with Crippen molar-refractivity contribution in [3.05, 3.63) is 29.3 Å². The smallest absolute Gasteiger partial charge is 0.344 e. The first kappa shape index (κ1) is 16.4. The molecule has 0 heterocycles. The molecule has 3 aliphatic carbocycles. The summed E-state index contributed by atoms with van der Waals surface area (Å²) in [7, 11) is 0. The Morgan fingerprint density at radius 3 is 2.96 bits per heavy atom. The molecule has 0 radical (unpaired) electrons. The Hall–Kier alpha value is -2.04. The molecule has 134 valence electrons. The molecular weight excluding hydrogens is 318 g/mol. The predicted octanol–water partition coefficient (Wildman–Crippen LogP) is 3.71. The number of aromatic hydroxyl groups is 1. The summed E-state index contributed by atoms with van der Waals surface area (Å²) >= 11 is 0. The molecule has 5 nitrogen and oxygen atoms in total. The van der Waals surface area contributed by atoms with Crippen LogP contribution in [0.2, 0.25) is 0 Å². The second-order valence-electron chi connectivity index (χ2n) is 8.00. The fraction of sp³-hybridized carbons (Fsp3) is 0.600. The molecule has 5 heteroatoms. The van der Waals surface area contributed by atoms with Gasteiger partial charge in [0.15, 0.2) is 0 Å². The van der Waals surface area contributed by atoms with Crippen molar-refractivity contribution in [1.29, 1.82) is 0 Å². The maximum atomic E-state index is 10.7. The first-order chi connectivity index (χ1) is 12.0. The molecule has 0 saturated heterocycles. The van der Waals surface area contributed by atoms with E-state index < -0.39 is 5.97 Å². The normalized spacial score (nSPS) is 34.9. The standard InChI is InChI=1S/C20H25NO4/c1-20-9-8-15-14-5-3-13(22)10-12(14)2-4-16(15)17(20)6-7-18(20)21-25-11-19(23)24/h3,5,10,15-17,22H,2,4,6-9,11H2,1H3,(H,23,24). The monoisotopic (exact) mass is 343 g/mol. The Balaban J connectivity index is 1.58. The van der Waals surface area contributed by atoms with Crippen LogP contribution in [0.5, 0.6) is 5.75 Å². The highest BCUT2D eigenvalue weighted by atomic mass is 16.6. The van der Waals surface area contributed by atoms with E-state index in [0.29, 0.717) is 23.5 Å². The largest absolute Gasteiger partial charge is 0.508 e. The number of aliphatic carboxylic acids is 1. The minimum Gasteiger partial charge on any atom is -0.508 e. The number of carboxylic acid groups (broad SMARTS) is 1. The van der Waals surface area contributed by atoms with Crippen LogP contribution in [0.3, 0.4) is 0 Å². The first-order valence-electron chi connectivity index (χ1n) is 9.22. The number of rotatable bonds is 3. The van der Waals surface area contributed by atoms with Crippen molar-refractivity contribution in [3.63, 3.8) is 0 Å². The second-order valence-corrected chi connectivity index (χ2v) is 8.00. The Kier molecular flexibility index (Phi) is 3.97. The number of phenols is 1. The summed E-state index contributed by atoms with van der Waals surface area (Å²) in [5.41, 5.74) is 3.81. The van der Waals surface area contributed by atoms with Gasteiger partial charge in [-0.3, -0.25) is 0 Å². The molecule has 0 amide bonds. The molecule has 3 aliphatic rings. The maximum Gasteiger partial charge on any atom is 0.344 e. The minimum absolute atomic E-state index is 0.0358. The van der Waals surface area contributed by atoms with Gasteiger partial charge in [-0.15, -0.1) is 0 Å². The number of phenolic OH excluding ortho intramolecular Hbond substituents is 1. The molecule has 4 rings (SSSR count). The van der Waals surface area contributed by atoms with E-state index in [1.165, 1.54) is 11.1 Å². The molecule has 2 saturated carbocycles. The van der Waals surface area contributed by atoms with Gasteiger partial charge in [0.25, 0.3) is 0 Å². The Morgan fingerprint density at radius 1 is 1.32 bits per heavy atom. The summed E-state index contributed by atoms with van der Waals surface area (Å²) in [5.74, 6) is 1.17. The van der Waals surface area contributed by atoms with E-state index in [4.69, 9.17) is 9.94 Å². The van der Waals surface area contributed by atoms with Gasteiger partial charge in [0.1, 0.15) is 5.75 Å². The lowest BCUT2D eigenvalue weighted by molar-refractivity contribution is -0.142. The highest BCUT2D eigenvalue weighted by molar-refractivity contribution is 5.92. The van der Waals surface area contributed by atoms with Gasteiger partial charge < -0.3 is 15.1 Å². The highest BCUT2D eigenvalue weighted by Gasteiger charge is 2.53. The van der Waals surface area contributed by atoms with Gasteiger partial charge in [0, 0.05) is 5.41 Å². The van der Waals surface area contributed by atoms with Crippen molar-refractivity contribution < 1.29 is 19.8 Å². The van der Waals surface area contributed by atoms with Crippen LogP contribution in [-0.2, 0) is 16.1 Å². The van der Waals surface area contributed by atoms with Gasteiger partial charge in [0.05, 0.1) is 5.71 Å². The maximum absolute atomic E-state index is 10.7. The molecule has 1 aromatic rings. The van der Waals surface area contributed by atoms with Gasteiger partial charge in [-0.2, -0.15) is 0 Å². The van der Waals surface area contributed by atoms with Gasteiger partial charge in [-0.05, 0) is 79.5 Å². The summed E-state index contributed by atoms with van der Waals surface area (Å²) < 4.78 is 0. The van der Waals surface area contributed by atoms with Crippen LogP contribution >= 0.6 is 0 Å². The molecule has 2 N–H and O–H groups in total. The fourth-order valence-electron chi connectivity index (χ4n) is 5.67. The van der Waals surface area contributed by atoms with Gasteiger partial charge in [0.2, 0.25) is 6.61 Å². The summed E-state index contributed by atoms with van der Waals surface area (Å²) in [6, 6.07) is 5.86. The fourth-order valence-corrected chi connectivity index (χ4v) is 5.67. The average molecular weight is 343 g/mol. The van der Waals surface area contributed by atoms with Crippen LogP contribution in [0, 0.1) is 17.3 Å². The third kappa shape index (κ3) is 2.70. The molecular formula is C20H25NO4. The molecule has 4 atom stereocenters. The average Bonchev–Trinajstić information content (AvgIpc) is 2.91. The Labute approximate surface area is 147 Å². The zero-order valence-corrected chi connectivity index (χ0v) is 14.6. The molecule has 0 aromatic heterocycles. The molecule has 0 spiro atoms. The van der Waals surface area contributed by atoms with Crippen LogP contribution in [0.1, 0.15) is 56.1 Å². The van der Waals surface area contributed by atoms with E-state index >= 15 is 0 Å². The second kappa shape index (κ2) is 6.04. The minimum atomic E-state index is -0.986. The van der Waals surface area contributed by atoms with Crippen molar-refractivity contribution in [1.82, 2.24) is 0 Å². The van der Waals surface area contributed by atoms with Gasteiger partial charge in [-0.1, -0.05) is 18.1 Å². The van der Waals surface area contributed by atoms with Gasteiger partial charge in [-0.25, -0.2) is 4.79 Å². The van der Waals surface area contributed by atoms with Crippen molar-refractivity contribution in [2.75, 3.05) is 6.61 Å². The number of oxime groups is 1. The van der Waals surface area contributed by atoms with E-state index in [1.807, 2.05) is 12.1 Å². The van der Waals surface area contributed by atoms with E-state index in [0.717, 1.165) is 44.2 Å². The zero-order valence-electron chi connectivity index (χ0n) is 14.6. The summed E-state index contributed by atoms with van der Waals surface area (Å²) in [6.45, 7) is 1.92. The number of hydrogen-bond acceptors (Lipinski definition) is 4. The van der Waals surface area contributed by atoms with Crippen LogP contribution in [0.25, 0.3) is 0 Å². The van der Waals surface area contributed by atoms with Crippen molar-refractivity contribution >= 4 is 11.7 Å². The van der Waals surface area contributed by atoms with E-state index in [2.05, 4.69) is 18.1 Å². The molecule has 2 fully saturated rings. The van der Waals surface area contributed by atoms with Crippen molar-refractivity contribution in [2.24, 2.45) is 22.4 Å². The summed E-state index contributed by atoms with van der Waals surface area (Å²) in [4.78, 5) is 15.7. The topological polar surface area (TPSA) is 79.1 Å².